The van der Waals surface area contributed by atoms with Gasteiger partial charge in [-0.1, -0.05) is 36.0 Å². The van der Waals surface area contributed by atoms with Crippen molar-refractivity contribution >= 4 is 11.8 Å². The monoisotopic (exact) mass is 318 g/mol. The molecule has 0 aromatic heterocycles. The molecule has 0 fully saturated rings. The van der Waals surface area contributed by atoms with Crippen LogP contribution in [-0.4, -0.2) is 25.4 Å². The SMILES string of the molecule is CC(C)O.COc1cccc2c1Sc1c(cccc1OC)C2. The van der Waals surface area contributed by atoms with Gasteiger partial charge in [0.1, 0.15) is 11.5 Å². The Bertz CT molecular complexity index is 584. The van der Waals surface area contributed by atoms with E-state index >= 15 is 0 Å². The molecule has 0 amide bonds. The van der Waals surface area contributed by atoms with Crippen LogP contribution in [0.4, 0.5) is 0 Å². The molecule has 0 aliphatic carbocycles. The van der Waals surface area contributed by atoms with E-state index in [1.165, 1.54) is 20.9 Å². The predicted octanol–water partition coefficient (Wildman–Crippen LogP) is 4.15. The lowest BCUT2D eigenvalue weighted by Gasteiger charge is -2.22. The van der Waals surface area contributed by atoms with Crippen LogP contribution in [-0.2, 0) is 6.42 Å². The first-order valence-electron chi connectivity index (χ1n) is 7.24. The molecule has 118 valence electrons. The Morgan fingerprint density at radius 1 is 0.909 bits per heavy atom. The highest BCUT2D eigenvalue weighted by Crippen LogP contribution is 2.47. The fourth-order valence-electron chi connectivity index (χ4n) is 2.26. The third-order valence-corrected chi connectivity index (χ3v) is 4.48. The van der Waals surface area contributed by atoms with Crippen LogP contribution in [0.25, 0.3) is 0 Å². The molecular weight excluding hydrogens is 296 g/mol. The maximum atomic E-state index is 8.06. The molecular formula is C18H22O3S. The maximum absolute atomic E-state index is 8.06. The smallest absolute Gasteiger partial charge is 0.133 e. The molecule has 0 bridgehead atoms. The van der Waals surface area contributed by atoms with Crippen molar-refractivity contribution in [3.63, 3.8) is 0 Å². The fourth-order valence-corrected chi connectivity index (χ4v) is 3.51. The van der Waals surface area contributed by atoms with Gasteiger partial charge >= 0.3 is 0 Å². The minimum Gasteiger partial charge on any atom is -0.496 e. The Morgan fingerprint density at radius 3 is 1.68 bits per heavy atom. The van der Waals surface area contributed by atoms with E-state index in [0.29, 0.717) is 0 Å². The summed E-state index contributed by atoms with van der Waals surface area (Å²) in [5.74, 6) is 1.88. The van der Waals surface area contributed by atoms with E-state index < -0.39 is 0 Å². The van der Waals surface area contributed by atoms with Crippen LogP contribution in [0.15, 0.2) is 46.2 Å². The zero-order chi connectivity index (χ0) is 16.1. The largest absolute Gasteiger partial charge is 0.496 e. The van der Waals surface area contributed by atoms with Gasteiger partial charge in [-0.3, -0.25) is 0 Å². The summed E-state index contributed by atoms with van der Waals surface area (Å²) >= 11 is 1.73. The normalized spacial score (nSPS) is 11.9. The number of aliphatic hydroxyl groups is 1. The van der Waals surface area contributed by atoms with E-state index in [4.69, 9.17) is 14.6 Å². The fraction of sp³-hybridized carbons (Fsp3) is 0.333. The highest BCUT2D eigenvalue weighted by molar-refractivity contribution is 7.99. The lowest BCUT2D eigenvalue weighted by Crippen LogP contribution is -2.02. The number of aliphatic hydroxyl groups excluding tert-OH is 1. The molecule has 0 unspecified atom stereocenters. The van der Waals surface area contributed by atoms with Crippen molar-refractivity contribution in [2.75, 3.05) is 14.2 Å². The summed E-state index contributed by atoms with van der Waals surface area (Å²) in [4.78, 5) is 2.41. The van der Waals surface area contributed by atoms with Gasteiger partial charge in [0.25, 0.3) is 0 Å². The first kappa shape index (κ1) is 16.7. The predicted molar refractivity (Wildman–Crippen MR) is 90.3 cm³/mol. The minimum atomic E-state index is -0.167. The summed E-state index contributed by atoms with van der Waals surface area (Å²) in [6.45, 7) is 3.44. The maximum Gasteiger partial charge on any atom is 0.133 e. The molecule has 1 heterocycles. The summed E-state index contributed by atoms with van der Waals surface area (Å²) in [7, 11) is 3.43. The molecule has 0 radical (unpaired) electrons. The molecule has 0 saturated heterocycles. The number of methoxy groups -OCH3 is 2. The molecule has 3 nitrogen and oxygen atoms in total. The third kappa shape index (κ3) is 3.76. The highest BCUT2D eigenvalue weighted by Gasteiger charge is 2.21. The first-order chi connectivity index (χ1) is 10.6. The van der Waals surface area contributed by atoms with Crippen molar-refractivity contribution in [3.05, 3.63) is 47.5 Å². The second-order valence-corrected chi connectivity index (χ2v) is 6.29. The van der Waals surface area contributed by atoms with Gasteiger partial charge in [0.05, 0.1) is 24.0 Å². The van der Waals surface area contributed by atoms with E-state index in [1.807, 2.05) is 24.3 Å². The molecule has 2 aromatic rings. The van der Waals surface area contributed by atoms with Crippen LogP contribution >= 0.6 is 11.8 Å². The third-order valence-electron chi connectivity index (χ3n) is 3.15. The number of benzene rings is 2. The van der Waals surface area contributed by atoms with Gasteiger partial charge in [-0.25, -0.2) is 0 Å². The quantitative estimate of drug-likeness (QED) is 0.770. The summed E-state index contributed by atoms with van der Waals surface area (Å²) in [6, 6.07) is 12.4. The van der Waals surface area contributed by atoms with Crippen molar-refractivity contribution in [2.45, 2.75) is 36.2 Å². The summed E-state index contributed by atoms with van der Waals surface area (Å²) < 4.78 is 10.9. The van der Waals surface area contributed by atoms with Gasteiger partial charge in [0, 0.05) is 6.10 Å². The molecule has 22 heavy (non-hydrogen) atoms. The molecule has 4 heteroatoms. The summed E-state index contributed by atoms with van der Waals surface area (Å²) in [5, 5.41) is 8.06. The van der Waals surface area contributed by atoms with E-state index in [2.05, 4.69) is 12.1 Å². The molecule has 1 aliphatic heterocycles. The number of rotatable bonds is 2. The van der Waals surface area contributed by atoms with Crippen molar-refractivity contribution < 1.29 is 14.6 Å². The number of hydrogen-bond donors (Lipinski definition) is 1. The molecule has 2 aromatic carbocycles. The molecule has 0 spiro atoms. The highest BCUT2D eigenvalue weighted by atomic mass is 32.2. The lowest BCUT2D eigenvalue weighted by molar-refractivity contribution is 0.216. The molecule has 1 aliphatic rings. The van der Waals surface area contributed by atoms with Gasteiger partial charge in [-0.2, -0.15) is 0 Å². The Morgan fingerprint density at radius 2 is 1.32 bits per heavy atom. The standard InChI is InChI=1S/C15H14O2S.C3H8O/c1-16-12-7-3-5-10-9-11-6-4-8-13(17-2)15(11)18-14(10)12;1-3(2)4/h3-8H,9H2,1-2H3;3-4H,1-2H3. The van der Waals surface area contributed by atoms with Crippen molar-refractivity contribution in [1.82, 2.24) is 0 Å². The molecule has 0 atom stereocenters. The average Bonchev–Trinajstić information content (AvgIpc) is 2.51. The van der Waals surface area contributed by atoms with Crippen molar-refractivity contribution in [2.24, 2.45) is 0 Å². The number of hydrogen-bond acceptors (Lipinski definition) is 4. The number of fused-ring (bicyclic) bond motifs is 2. The Balaban J connectivity index is 0.000000396. The van der Waals surface area contributed by atoms with Crippen molar-refractivity contribution in [3.8, 4) is 11.5 Å². The van der Waals surface area contributed by atoms with E-state index in [0.717, 1.165) is 17.9 Å². The van der Waals surface area contributed by atoms with Crippen LogP contribution in [0.1, 0.15) is 25.0 Å². The zero-order valence-corrected chi connectivity index (χ0v) is 14.2. The molecule has 0 saturated carbocycles. The number of ether oxygens (including phenoxy) is 2. The minimum absolute atomic E-state index is 0.167. The van der Waals surface area contributed by atoms with E-state index in [1.54, 1.807) is 39.8 Å². The van der Waals surface area contributed by atoms with Gasteiger partial charge in [-0.15, -0.1) is 0 Å². The van der Waals surface area contributed by atoms with Gasteiger partial charge in [0.2, 0.25) is 0 Å². The van der Waals surface area contributed by atoms with E-state index in [-0.39, 0.29) is 6.10 Å². The first-order valence-corrected chi connectivity index (χ1v) is 8.06. The lowest BCUT2D eigenvalue weighted by atomic mass is 10.0. The second kappa shape index (κ2) is 7.56. The van der Waals surface area contributed by atoms with Crippen LogP contribution < -0.4 is 9.47 Å². The van der Waals surface area contributed by atoms with Gasteiger partial charge in [-0.05, 0) is 43.5 Å². The van der Waals surface area contributed by atoms with Gasteiger partial charge < -0.3 is 14.6 Å². The van der Waals surface area contributed by atoms with Crippen LogP contribution in [0, 0.1) is 0 Å². The van der Waals surface area contributed by atoms with Crippen LogP contribution in [0.2, 0.25) is 0 Å². The van der Waals surface area contributed by atoms with Crippen LogP contribution in [0.3, 0.4) is 0 Å². The zero-order valence-electron chi connectivity index (χ0n) is 13.4. The molecule has 1 N–H and O–H groups in total. The van der Waals surface area contributed by atoms with E-state index in [9.17, 15) is 0 Å². The Hall–Kier alpha value is -1.65. The summed E-state index contributed by atoms with van der Waals surface area (Å²) in [5.41, 5.74) is 2.64. The van der Waals surface area contributed by atoms with Gasteiger partial charge in [0.15, 0.2) is 0 Å². The average molecular weight is 318 g/mol. The topological polar surface area (TPSA) is 38.7 Å². The molecule has 3 rings (SSSR count). The van der Waals surface area contributed by atoms with Crippen molar-refractivity contribution in [1.29, 1.82) is 0 Å². The summed E-state index contributed by atoms with van der Waals surface area (Å²) in [6.07, 6.45) is 0.770. The Kier molecular flexibility index (Phi) is 5.75. The van der Waals surface area contributed by atoms with Crippen LogP contribution in [0.5, 0.6) is 11.5 Å². The second-order valence-electron chi connectivity index (χ2n) is 5.27. The Labute approximate surface area is 136 Å².